The Bertz CT molecular complexity index is 572. The first-order valence-electron chi connectivity index (χ1n) is 7.05. The van der Waals surface area contributed by atoms with Gasteiger partial charge in [0.2, 0.25) is 11.8 Å². The number of carbonyl (C=O) groups is 2. The van der Waals surface area contributed by atoms with E-state index < -0.39 is 6.04 Å². The molecule has 1 saturated heterocycles. The van der Waals surface area contributed by atoms with Crippen molar-refractivity contribution >= 4 is 11.8 Å². The number of ether oxygens (including phenoxy) is 1. The zero-order valence-corrected chi connectivity index (χ0v) is 12.9. The normalized spacial score (nSPS) is 18.7. The van der Waals surface area contributed by atoms with Gasteiger partial charge < -0.3 is 15.0 Å². The highest BCUT2D eigenvalue weighted by Crippen LogP contribution is 2.25. The molecule has 1 aliphatic heterocycles. The Morgan fingerprint density at radius 1 is 1.43 bits per heavy atom. The van der Waals surface area contributed by atoms with Crippen LogP contribution < -0.4 is 10.1 Å². The molecule has 1 unspecified atom stereocenters. The number of aromatic nitrogens is 1. The third-order valence-corrected chi connectivity index (χ3v) is 3.87. The van der Waals surface area contributed by atoms with E-state index in [1.165, 1.54) is 0 Å². The van der Waals surface area contributed by atoms with Crippen LogP contribution in [0.4, 0.5) is 0 Å². The molecule has 0 aromatic carbocycles. The number of hydrogen-bond acceptors (Lipinski definition) is 4. The van der Waals surface area contributed by atoms with Crippen LogP contribution in [0.5, 0.6) is 5.75 Å². The second kappa shape index (κ2) is 6.11. The number of aryl methyl sites for hydroxylation is 1. The zero-order chi connectivity index (χ0) is 15.6. The number of rotatable bonds is 4. The van der Waals surface area contributed by atoms with Crippen LogP contribution in [0.3, 0.4) is 0 Å². The molecule has 2 rings (SSSR count). The Kier molecular flexibility index (Phi) is 4.45. The maximum atomic E-state index is 12.1. The fraction of sp³-hybridized carbons (Fsp3) is 0.533. The fourth-order valence-electron chi connectivity index (χ4n) is 2.69. The molecule has 21 heavy (non-hydrogen) atoms. The lowest BCUT2D eigenvalue weighted by Gasteiger charge is -2.34. The van der Waals surface area contributed by atoms with Crippen molar-refractivity contribution in [2.24, 2.45) is 0 Å². The summed E-state index contributed by atoms with van der Waals surface area (Å²) >= 11 is 0. The summed E-state index contributed by atoms with van der Waals surface area (Å²) in [6, 6.07) is -0.431. The molecule has 0 bridgehead atoms. The van der Waals surface area contributed by atoms with Crippen molar-refractivity contribution in [3.05, 3.63) is 23.0 Å². The van der Waals surface area contributed by atoms with Crippen molar-refractivity contribution in [2.45, 2.75) is 39.8 Å². The number of piperazine rings is 1. The summed E-state index contributed by atoms with van der Waals surface area (Å²) in [5, 5.41) is 2.62. The first kappa shape index (κ1) is 15.3. The molecular weight excluding hydrogens is 270 g/mol. The second-order valence-corrected chi connectivity index (χ2v) is 5.21. The van der Waals surface area contributed by atoms with Crippen molar-refractivity contribution in [1.82, 2.24) is 15.2 Å². The third-order valence-electron chi connectivity index (χ3n) is 3.87. The Labute approximate surface area is 124 Å². The molecule has 1 aromatic heterocycles. The average Bonchev–Trinajstić information content (AvgIpc) is 2.46. The molecule has 1 N–H and O–H groups in total. The maximum absolute atomic E-state index is 12.1. The Morgan fingerprint density at radius 2 is 2.14 bits per heavy atom. The van der Waals surface area contributed by atoms with Gasteiger partial charge in [-0.1, -0.05) is 6.92 Å². The lowest BCUT2D eigenvalue weighted by atomic mass is 10.1. The molecule has 0 saturated carbocycles. The van der Waals surface area contributed by atoms with Crippen LogP contribution in [0.2, 0.25) is 0 Å². The summed E-state index contributed by atoms with van der Waals surface area (Å²) in [7, 11) is 1.62. The van der Waals surface area contributed by atoms with Gasteiger partial charge >= 0.3 is 0 Å². The molecule has 1 aliphatic rings. The third kappa shape index (κ3) is 2.84. The summed E-state index contributed by atoms with van der Waals surface area (Å²) in [5.41, 5.74) is 2.62. The first-order chi connectivity index (χ1) is 9.99. The number of nitrogens with zero attached hydrogens (tertiary/aromatic N) is 2. The van der Waals surface area contributed by atoms with Crippen LogP contribution in [0.25, 0.3) is 0 Å². The Morgan fingerprint density at radius 3 is 2.76 bits per heavy atom. The van der Waals surface area contributed by atoms with E-state index in [9.17, 15) is 9.59 Å². The molecule has 6 heteroatoms. The van der Waals surface area contributed by atoms with Gasteiger partial charge in [0.1, 0.15) is 11.8 Å². The summed E-state index contributed by atoms with van der Waals surface area (Å²) in [4.78, 5) is 30.0. The van der Waals surface area contributed by atoms with Gasteiger partial charge in [-0.15, -0.1) is 0 Å². The highest BCUT2D eigenvalue weighted by Gasteiger charge is 2.33. The topological polar surface area (TPSA) is 71.5 Å². The van der Waals surface area contributed by atoms with Gasteiger partial charge in [0.05, 0.1) is 25.9 Å². The molecule has 2 heterocycles. The van der Waals surface area contributed by atoms with Gasteiger partial charge in [-0.3, -0.25) is 14.6 Å². The van der Waals surface area contributed by atoms with Crippen molar-refractivity contribution in [3.63, 3.8) is 0 Å². The zero-order valence-electron chi connectivity index (χ0n) is 12.9. The van der Waals surface area contributed by atoms with Crippen LogP contribution in [0.1, 0.15) is 30.2 Å². The fourth-order valence-corrected chi connectivity index (χ4v) is 2.69. The lowest BCUT2D eigenvalue weighted by Crippen LogP contribution is -2.57. The number of amides is 2. The quantitative estimate of drug-likeness (QED) is 0.896. The van der Waals surface area contributed by atoms with E-state index in [2.05, 4.69) is 10.3 Å². The SMILES string of the molecule is CCC1C(=O)NCC(=O)N1Cc1ncc(C)c(OC)c1C. The van der Waals surface area contributed by atoms with Crippen molar-refractivity contribution < 1.29 is 14.3 Å². The van der Waals surface area contributed by atoms with Gasteiger partial charge in [-0.05, 0) is 20.3 Å². The van der Waals surface area contributed by atoms with E-state index in [-0.39, 0.29) is 18.4 Å². The summed E-state index contributed by atoms with van der Waals surface area (Å²) in [6.07, 6.45) is 2.32. The molecule has 0 radical (unpaired) electrons. The number of carbonyl (C=O) groups excluding carboxylic acids is 2. The van der Waals surface area contributed by atoms with Crippen molar-refractivity contribution in [3.8, 4) is 5.75 Å². The van der Waals surface area contributed by atoms with Crippen molar-refractivity contribution in [1.29, 1.82) is 0 Å². The molecule has 0 aliphatic carbocycles. The average molecular weight is 291 g/mol. The summed E-state index contributed by atoms with van der Waals surface area (Å²) in [5.74, 6) is 0.595. The minimum absolute atomic E-state index is 0.0530. The number of hydrogen-bond donors (Lipinski definition) is 1. The van der Waals surface area contributed by atoms with E-state index >= 15 is 0 Å². The number of nitrogens with one attached hydrogen (secondary N) is 1. The smallest absolute Gasteiger partial charge is 0.243 e. The predicted molar refractivity (Wildman–Crippen MR) is 77.9 cm³/mol. The van der Waals surface area contributed by atoms with Gasteiger partial charge in [0, 0.05) is 17.3 Å². The molecular formula is C15H21N3O3. The van der Waals surface area contributed by atoms with E-state index in [0.717, 1.165) is 22.6 Å². The molecule has 1 fully saturated rings. The molecule has 1 atom stereocenters. The Balaban J connectivity index is 2.31. The standard InChI is InChI=1S/C15H21N3O3/c1-5-12-15(20)17-7-13(19)18(12)8-11-10(3)14(21-4)9(2)6-16-11/h6,12H,5,7-8H2,1-4H3,(H,17,20). The van der Waals surface area contributed by atoms with Crippen LogP contribution >= 0.6 is 0 Å². The Hall–Kier alpha value is -2.11. The van der Waals surface area contributed by atoms with E-state index in [1.807, 2.05) is 20.8 Å². The molecule has 1 aromatic rings. The minimum atomic E-state index is -0.431. The molecule has 0 spiro atoms. The number of methoxy groups -OCH3 is 1. The van der Waals surface area contributed by atoms with Crippen LogP contribution in [0.15, 0.2) is 6.20 Å². The molecule has 2 amide bonds. The first-order valence-corrected chi connectivity index (χ1v) is 7.05. The van der Waals surface area contributed by atoms with E-state index in [1.54, 1.807) is 18.2 Å². The minimum Gasteiger partial charge on any atom is -0.496 e. The van der Waals surface area contributed by atoms with Crippen LogP contribution in [0, 0.1) is 13.8 Å². The monoisotopic (exact) mass is 291 g/mol. The highest BCUT2D eigenvalue weighted by atomic mass is 16.5. The van der Waals surface area contributed by atoms with Gasteiger partial charge in [-0.2, -0.15) is 0 Å². The maximum Gasteiger partial charge on any atom is 0.243 e. The molecule has 6 nitrogen and oxygen atoms in total. The van der Waals surface area contributed by atoms with E-state index in [0.29, 0.717) is 13.0 Å². The second-order valence-electron chi connectivity index (χ2n) is 5.21. The van der Waals surface area contributed by atoms with Gasteiger partial charge in [0.25, 0.3) is 0 Å². The highest BCUT2D eigenvalue weighted by molar-refractivity contribution is 5.94. The number of pyridine rings is 1. The lowest BCUT2D eigenvalue weighted by molar-refractivity contribution is -0.146. The van der Waals surface area contributed by atoms with Crippen LogP contribution in [-0.2, 0) is 16.1 Å². The predicted octanol–water partition coefficient (Wildman–Crippen LogP) is 0.944. The van der Waals surface area contributed by atoms with Gasteiger partial charge in [-0.25, -0.2) is 0 Å². The summed E-state index contributed by atoms with van der Waals surface area (Å²) < 4.78 is 5.38. The van der Waals surface area contributed by atoms with E-state index in [4.69, 9.17) is 4.74 Å². The van der Waals surface area contributed by atoms with Gasteiger partial charge in [0.15, 0.2) is 0 Å². The van der Waals surface area contributed by atoms with Crippen LogP contribution in [-0.4, -0.2) is 41.4 Å². The van der Waals surface area contributed by atoms with Crippen molar-refractivity contribution in [2.75, 3.05) is 13.7 Å². The summed E-state index contributed by atoms with van der Waals surface area (Å²) in [6.45, 7) is 6.12. The molecule has 114 valence electrons. The largest absolute Gasteiger partial charge is 0.496 e.